The van der Waals surface area contributed by atoms with Gasteiger partial charge in [-0.15, -0.1) is 13.2 Å². The zero-order valence-electron chi connectivity index (χ0n) is 6.27. The summed E-state index contributed by atoms with van der Waals surface area (Å²) in [6, 6.07) is 0.801. The van der Waals surface area contributed by atoms with Crippen molar-refractivity contribution in [1.82, 2.24) is 0 Å². The third kappa shape index (κ3) is 3.25. The molecule has 0 rings (SSSR count). The average Bonchev–Trinajstić information content (AvgIpc) is 1.89. The van der Waals surface area contributed by atoms with Gasteiger partial charge in [-0.05, 0) is 12.8 Å². The molecule has 0 atom stereocenters. The highest BCUT2D eigenvalue weighted by molar-refractivity contribution is 5.21. The molecule has 0 aromatic heterocycles. The first-order valence-electron chi connectivity index (χ1n) is 3.23. The molecule has 10 heavy (non-hydrogen) atoms. The topological polar surface area (TPSA) is 26.0 Å². The molecule has 1 nitrogen and oxygen atoms in total. The highest BCUT2D eigenvalue weighted by atomic mass is 14.6. The van der Waals surface area contributed by atoms with Gasteiger partial charge in [-0.25, -0.2) is 0 Å². The van der Waals surface area contributed by atoms with Crippen molar-refractivity contribution < 1.29 is 0 Å². The van der Waals surface area contributed by atoms with Gasteiger partial charge in [-0.1, -0.05) is 24.3 Å². The van der Waals surface area contributed by atoms with Crippen LogP contribution in [0.1, 0.15) is 12.8 Å². The molecule has 1 heteroatoms. The van der Waals surface area contributed by atoms with Crippen LogP contribution in [-0.4, -0.2) is 0 Å². The van der Waals surface area contributed by atoms with Crippen LogP contribution in [0.5, 0.6) is 0 Å². The van der Waals surface area contributed by atoms with Crippen molar-refractivity contribution in [3.8, 4) is 0 Å². The van der Waals surface area contributed by atoms with Crippen LogP contribution in [0.15, 0.2) is 37.5 Å². The van der Waals surface area contributed by atoms with Crippen LogP contribution in [0.25, 0.3) is 0 Å². The molecule has 0 aromatic carbocycles. The molecule has 0 saturated heterocycles. The third-order valence-electron chi connectivity index (χ3n) is 1.21. The standard InChI is InChI=1S/C9H14N/c1-4-6-8(3)9(10)7-5-2/h4-5H,1-3,6-7,10H2. The van der Waals surface area contributed by atoms with E-state index < -0.39 is 0 Å². The minimum Gasteiger partial charge on any atom is -0.320 e. The molecule has 0 aliphatic rings. The molecule has 0 aliphatic heterocycles. The molecule has 0 heterocycles. The van der Waals surface area contributed by atoms with Crippen molar-refractivity contribution in [2.24, 2.45) is 5.73 Å². The second-order valence-corrected chi connectivity index (χ2v) is 2.11. The summed E-state index contributed by atoms with van der Waals surface area (Å²) in [5.74, 6) is 0. The zero-order chi connectivity index (χ0) is 7.98. The Morgan fingerprint density at radius 1 is 1.20 bits per heavy atom. The van der Waals surface area contributed by atoms with Crippen LogP contribution >= 0.6 is 0 Å². The number of allylic oxidation sites excluding steroid dienone is 1. The number of nitrogens with two attached hydrogens (primary N) is 1. The summed E-state index contributed by atoms with van der Waals surface area (Å²) in [5, 5.41) is 0. The van der Waals surface area contributed by atoms with Crippen molar-refractivity contribution in [1.29, 1.82) is 0 Å². The van der Waals surface area contributed by atoms with E-state index in [2.05, 4.69) is 19.7 Å². The lowest BCUT2D eigenvalue weighted by molar-refractivity contribution is 0.943. The van der Waals surface area contributed by atoms with Crippen molar-refractivity contribution in [2.75, 3.05) is 0 Å². The Hall–Kier alpha value is -0.820. The maximum atomic E-state index is 5.61. The minimum atomic E-state index is 0.715. The molecular weight excluding hydrogens is 122 g/mol. The van der Waals surface area contributed by atoms with E-state index in [1.165, 1.54) is 0 Å². The summed E-state index contributed by atoms with van der Waals surface area (Å²) in [4.78, 5) is 0. The highest BCUT2D eigenvalue weighted by Gasteiger charge is 2.02. The lowest BCUT2D eigenvalue weighted by atomic mass is 10.0. The summed E-state index contributed by atoms with van der Waals surface area (Å²) in [6.07, 6.45) is 5.04. The molecular formula is C9H14N. The monoisotopic (exact) mass is 136 g/mol. The Kier molecular flexibility index (Phi) is 4.59. The smallest absolute Gasteiger partial charge is 0.0628 e. The van der Waals surface area contributed by atoms with Crippen LogP contribution in [0.3, 0.4) is 0 Å². The lowest BCUT2D eigenvalue weighted by Crippen LogP contribution is -2.10. The molecule has 0 aromatic rings. The molecule has 55 valence electrons. The highest BCUT2D eigenvalue weighted by Crippen LogP contribution is 2.13. The summed E-state index contributed by atoms with van der Waals surface area (Å²) in [7, 11) is 0. The Bertz CT molecular complexity index is 136. The van der Waals surface area contributed by atoms with Gasteiger partial charge in [0, 0.05) is 0 Å². The normalized spacial score (nSPS) is 9.40. The van der Waals surface area contributed by atoms with E-state index in [0.717, 1.165) is 18.0 Å². The van der Waals surface area contributed by atoms with Crippen LogP contribution in [0.2, 0.25) is 0 Å². The van der Waals surface area contributed by atoms with Gasteiger partial charge < -0.3 is 5.73 Å². The van der Waals surface area contributed by atoms with Gasteiger partial charge >= 0.3 is 0 Å². The predicted octanol–water partition coefficient (Wildman–Crippen LogP) is 2.19. The molecule has 0 saturated carbocycles. The molecule has 0 bridgehead atoms. The van der Waals surface area contributed by atoms with Crippen LogP contribution in [0.4, 0.5) is 0 Å². The zero-order valence-corrected chi connectivity index (χ0v) is 6.27. The van der Waals surface area contributed by atoms with E-state index in [4.69, 9.17) is 5.73 Å². The Morgan fingerprint density at radius 3 is 2.10 bits per heavy atom. The maximum Gasteiger partial charge on any atom is 0.0628 e. The van der Waals surface area contributed by atoms with Gasteiger partial charge in [-0.2, -0.15) is 0 Å². The molecule has 0 fully saturated rings. The summed E-state index contributed by atoms with van der Waals surface area (Å²) < 4.78 is 0. The fourth-order valence-electron chi connectivity index (χ4n) is 0.605. The molecule has 1 radical (unpaired) electrons. The number of rotatable bonds is 5. The second-order valence-electron chi connectivity index (χ2n) is 2.11. The number of hydrogen-bond donors (Lipinski definition) is 1. The first-order valence-corrected chi connectivity index (χ1v) is 3.23. The van der Waals surface area contributed by atoms with Crippen molar-refractivity contribution in [3.05, 3.63) is 43.5 Å². The fourth-order valence-corrected chi connectivity index (χ4v) is 0.605. The van der Waals surface area contributed by atoms with Gasteiger partial charge in [0.1, 0.15) is 0 Å². The van der Waals surface area contributed by atoms with Crippen molar-refractivity contribution >= 4 is 0 Å². The van der Waals surface area contributed by atoms with Gasteiger partial charge in [0.05, 0.1) is 6.04 Å². The summed E-state index contributed by atoms with van der Waals surface area (Å²) in [6.45, 7) is 10.9. The number of hydrogen-bond acceptors (Lipinski definition) is 1. The largest absolute Gasteiger partial charge is 0.320 e. The van der Waals surface area contributed by atoms with Crippen LogP contribution in [-0.2, 0) is 0 Å². The van der Waals surface area contributed by atoms with Crippen LogP contribution < -0.4 is 5.73 Å². The third-order valence-corrected chi connectivity index (χ3v) is 1.21. The van der Waals surface area contributed by atoms with E-state index in [9.17, 15) is 0 Å². The average molecular weight is 136 g/mol. The van der Waals surface area contributed by atoms with E-state index in [0.29, 0.717) is 6.42 Å². The first-order chi connectivity index (χ1) is 4.72. The van der Waals surface area contributed by atoms with Gasteiger partial charge in [0.2, 0.25) is 0 Å². The second kappa shape index (κ2) is 5.00. The molecule has 0 amide bonds. The quantitative estimate of drug-likeness (QED) is 0.576. The van der Waals surface area contributed by atoms with Crippen molar-refractivity contribution in [2.45, 2.75) is 12.8 Å². The lowest BCUT2D eigenvalue weighted by Gasteiger charge is -2.08. The van der Waals surface area contributed by atoms with Crippen LogP contribution in [0, 0.1) is 6.04 Å². The van der Waals surface area contributed by atoms with E-state index >= 15 is 0 Å². The molecule has 0 aliphatic carbocycles. The summed E-state index contributed by atoms with van der Waals surface area (Å²) >= 11 is 0. The molecule has 2 N–H and O–H groups in total. The summed E-state index contributed by atoms with van der Waals surface area (Å²) in [5.41, 5.74) is 6.55. The Labute approximate surface area is 62.9 Å². The first kappa shape index (κ1) is 9.18. The Morgan fingerprint density at radius 2 is 1.70 bits per heavy atom. The Balaban J connectivity index is 3.68. The van der Waals surface area contributed by atoms with Crippen molar-refractivity contribution in [3.63, 3.8) is 0 Å². The van der Waals surface area contributed by atoms with E-state index in [1.807, 2.05) is 0 Å². The minimum absolute atomic E-state index is 0.715. The van der Waals surface area contributed by atoms with E-state index in [1.54, 1.807) is 12.2 Å². The molecule has 0 spiro atoms. The van der Waals surface area contributed by atoms with Gasteiger partial charge in [0.15, 0.2) is 0 Å². The van der Waals surface area contributed by atoms with E-state index in [-0.39, 0.29) is 0 Å². The molecule has 0 unspecified atom stereocenters. The predicted molar refractivity (Wildman–Crippen MR) is 46.2 cm³/mol. The van der Waals surface area contributed by atoms with Gasteiger partial charge in [0.25, 0.3) is 0 Å². The maximum absolute atomic E-state index is 5.61. The SMILES string of the molecule is C=CC[C](N)C(=C)CC=C. The van der Waals surface area contributed by atoms with Gasteiger partial charge in [-0.3, -0.25) is 0 Å². The fraction of sp³-hybridized carbons (Fsp3) is 0.222.